The summed E-state index contributed by atoms with van der Waals surface area (Å²) in [5, 5.41) is 0. The molecule has 0 radical (unpaired) electrons. The highest BCUT2D eigenvalue weighted by atomic mass is 14.9. The van der Waals surface area contributed by atoms with Gasteiger partial charge in [0.05, 0.1) is 11.2 Å². The van der Waals surface area contributed by atoms with E-state index in [1.807, 2.05) is 18.2 Å². The minimum atomic E-state index is -0.110. The first-order valence-corrected chi connectivity index (χ1v) is 3.94. The van der Waals surface area contributed by atoms with Crippen molar-refractivity contribution in [1.29, 1.82) is 0 Å². The molecule has 11 heavy (non-hydrogen) atoms. The number of nitrogens with two attached hydrogens (primary N) is 1. The molecule has 1 aliphatic carbocycles. The SMILES string of the molecule is CC1CC1(N)c1ccccn1. The third-order valence-electron chi connectivity index (χ3n) is 2.50. The molecule has 0 bridgehead atoms. The van der Waals surface area contributed by atoms with Gasteiger partial charge in [-0.25, -0.2) is 0 Å². The van der Waals surface area contributed by atoms with Crippen molar-refractivity contribution in [3.63, 3.8) is 0 Å². The van der Waals surface area contributed by atoms with Gasteiger partial charge in [-0.15, -0.1) is 0 Å². The predicted molar refractivity (Wildman–Crippen MR) is 43.9 cm³/mol. The Hall–Kier alpha value is -0.890. The zero-order chi connectivity index (χ0) is 7.90. The number of pyridine rings is 1. The molecular formula is C9H12N2. The molecule has 1 aromatic heterocycles. The van der Waals surface area contributed by atoms with Crippen molar-refractivity contribution in [2.75, 3.05) is 0 Å². The number of hydrogen-bond donors (Lipinski definition) is 1. The molecule has 1 aromatic rings. The second-order valence-electron chi connectivity index (χ2n) is 3.36. The fourth-order valence-corrected chi connectivity index (χ4v) is 1.44. The van der Waals surface area contributed by atoms with Crippen LogP contribution in [0.25, 0.3) is 0 Å². The van der Waals surface area contributed by atoms with Crippen LogP contribution in [0.4, 0.5) is 0 Å². The number of rotatable bonds is 1. The Kier molecular flexibility index (Phi) is 1.26. The average Bonchev–Trinajstić information content (AvgIpc) is 2.64. The minimum absolute atomic E-state index is 0.110. The van der Waals surface area contributed by atoms with Crippen LogP contribution >= 0.6 is 0 Å². The molecule has 0 saturated heterocycles. The second kappa shape index (κ2) is 2.05. The maximum absolute atomic E-state index is 6.05. The smallest absolute Gasteiger partial charge is 0.0613 e. The number of aromatic nitrogens is 1. The molecule has 2 heteroatoms. The molecule has 2 nitrogen and oxygen atoms in total. The Morgan fingerprint density at radius 3 is 2.82 bits per heavy atom. The third-order valence-corrected chi connectivity index (χ3v) is 2.50. The van der Waals surface area contributed by atoms with Gasteiger partial charge in [0.1, 0.15) is 0 Å². The summed E-state index contributed by atoms with van der Waals surface area (Å²) in [7, 11) is 0. The van der Waals surface area contributed by atoms with E-state index in [2.05, 4.69) is 11.9 Å². The molecule has 1 fully saturated rings. The summed E-state index contributed by atoms with van der Waals surface area (Å²) < 4.78 is 0. The van der Waals surface area contributed by atoms with Crippen molar-refractivity contribution in [2.24, 2.45) is 11.7 Å². The molecular weight excluding hydrogens is 136 g/mol. The Balaban J connectivity index is 2.32. The van der Waals surface area contributed by atoms with E-state index in [0.29, 0.717) is 5.92 Å². The van der Waals surface area contributed by atoms with Crippen molar-refractivity contribution >= 4 is 0 Å². The van der Waals surface area contributed by atoms with Crippen LogP contribution in [-0.4, -0.2) is 4.98 Å². The lowest BCUT2D eigenvalue weighted by molar-refractivity contribution is 0.641. The van der Waals surface area contributed by atoms with Crippen molar-refractivity contribution in [1.82, 2.24) is 4.98 Å². The van der Waals surface area contributed by atoms with E-state index >= 15 is 0 Å². The first kappa shape index (κ1) is 6.80. The van der Waals surface area contributed by atoms with E-state index in [1.165, 1.54) is 0 Å². The quantitative estimate of drug-likeness (QED) is 0.651. The van der Waals surface area contributed by atoms with Crippen molar-refractivity contribution in [3.05, 3.63) is 30.1 Å². The maximum atomic E-state index is 6.05. The average molecular weight is 148 g/mol. The second-order valence-corrected chi connectivity index (χ2v) is 3.36. The Bertz CT molecular complexity index is 258. The zero-order valence-electron chi connectivity index (χ0n) is 6.62. The molecule has 2 atom stereocenters. The third kappa shape index (κ3) is 0.942. The standard InChI is InChI=1S/C9H12N2/c1-7-6-9(7,10)8-4-2-3-5-11-8/h2-5,7H,6,10H2,1H3. The summed E-state index contributed by atoms with van der Waals surface area (Å²) in [5.41, 5.74) is 6.97. The summed E-state index contributed by atoms with van der Waals surface area (Å²) in [5.74, 6) is 0.595. The summed E-state index contributed by atoms with van der Waals surface area (Å²) in [6.45, 7) is 2.16. The molecule has 1 aliphatic rings. The molecule has 2 rings (SSSR count). The Morgan fingerprint density at radius 1 is 1.64 bits per heavy atom. The van der Waals surface area contributed by atoms with E-state index in [-0.39, 0.29) is 5.54 Å². The van der Waals surface area contributed by atoms with Gasteiger partial charge in [-0.3, -0.25) is 4.98 Å². The van der Waals surface area contributed by atoms with Crippen molar-refractivity contribution in [3.8, 4) is 0 Å². The summed E-state index contributed by atoms with van der Waals surface area (Å²) in [6.07, 6.45) is 2.87. The highest BCUT2D eigenvalue weighted by molar-refractivity contribution is 5.24. The summed E-state index contributed by atoms with van der Waals surface area (Å²) in [4.78, 5) is 4.24. The maximum Gasteiger partial charge on any atom is 0.0613 e. The molecule has 0 spiro atoms. The van der Waals surface area contributed by atoms with Gasteiger partial charge in [0.25, 0.3) is 0 Å². The molecule has 2 N–H and O–H groups in total. The lowest BCUT2D eigenvalue weighted by Crippen LogP contribution is -2.22. The van der Waals surface area contributed by atoms with Crippen LogP contribution in [0, 0.1) is 5.92 Å². The first-order chi connectivity index (χ1) is 5.23. The van der Waals surface area contributed by atoms with Gasteiger partial charge in [-0.2, -0.15) is 0 Å². The van der Waals surface area contributed by atoms with Crippen molar-refractivity contribution < 1.29 is 0 Å². The zero-order valence-corrected chi connectivity index (χ0v) is 6.62. The molecule has 1 heterocycles. The lowest BCUT2D eigenvalue weighted by Gasteiger charge is -2.07. The van der Waals surface area contributed by atoms with Gasteiger partial charge in [0.2, 0.25) is 0 Å². The van der Waals surface area contributed by atoms with Gasteiger partial charge in [-0.05, 0) is 24.5 Å². The van der Waals surface area contributed by atoms with Gasteiger partial charge in [-0.1, -0.05) is 13.0 Å². The van der Waals surface area contributed by atoms with Crippen LogP contribution in [0.15, 0.2) is 24.4 Å². The highest BCUT2D eigenvalue weighted by Gasteiger charge is 2.49. The van der Waals surface area contributed by atoms with Gasteiger partial charge in [0.15, 0.2) is 0 Å². The van der Waals surface area contributed by atoms with E-state index < -0.39 is 0 Å². The Labute approximate surface area is 66.4 Å². The van der Waals surface area contributed by atoms with Gasteiger partial charge < -0.3 is 5.73 Å². The van der Waals surface area contributed by atoms with Crippen molar-refractivity contribution in [2.45, 2.75) is 18.9 Å². The predicted octanol–water partition coefficient (Wildman–Crippen LogP) is 1.28. The summed E-state index contributed by atoms with van der Waals surface area (Å²) in [6, 6.07) is 5.91. The fraction of sp³-hybridized carbons (Fsp3) is 0.444. The molecule has 2 unspecified atom stereocenters. The number of hydrogen-bond acceptors (Lipinski definition) is 2. The fourth-order valence-electron chi connectivity index (χ4n) is 1.44. The van der Waals surface area contributed by atoms with E-state index in [9.17, 15) is 0 Å². The molecule has 0 aromatic carbocycles. The van der Waals surface area contributed by atoms with Gasteiger partial charge >= 0.3 is 0 Å². The van der Waals surface area contributed by atoms with Crippen LogP contribution in [0.2, 0.25) is 0 Å². The monoisotopic (exact) mass is 148 g/mol. The van der Waals surface area contributed by atoms with Crippen LogP contribution in [-0.2, 0) is 5.54 Å². The van der Waals surface area contributed by atoms with E-state index in [4.69, 9.17) is 5.73 Å². The topological polar surface area (TPSA) is 38.9 Å². The van der Waals surface area contributed by atoms with E-state index in [1.54, 1.807) is 6.20 Å². The molecule has 0 aliphatic heterocycles. The van der Waals surface area contributed by atoms with E-state index in [0.717, 1.165) is 12.1 Å². The lowest BCUT2D eigenvalue weighted by atomic mass is 10.1. The van der Waals surface area contributed by atoms with Crippen LogP contribution in [0.5, 0.6) is 0 Å². The molecule has 0 amide bonds. The summed E-state index contributed by atoms with van der Waals surface area (Å²) >= 11 is 0. The molecule has 58 valence electrons. The van der Waals surface area contributed by atoms with Crippen LogP contribution < -0.4 is 5.73 Å². The highest BCUT2D eigenvalue weighted by Crippen LogP contribution is 2.47. The number of nitrogens with zero attached hydrogens (tertiary/aromatic N) is 1. The minimum Gasteiger partial charge on any atom is -0.320 e. The largest absolute Gasteiger partial charge is 0.320 e. The normalized spacial score (nSPS) is 35.3. The first-order valence-electron chi connectivity index (χ1n) is 3.94. The van der Waals surface area contributed by atoms with Gasteiger partial charge in [0, 0.05) is 6.20 Å². The van der Waals surface area contributed by atoms with Crippen LogP contribution in [0.1, 0.15) is 19.0 Å². The van der Waals surface area contributed by atoms with Crippen LogP contribution in [0.3, 0.4) is 0 Å². The molecule has 1 saturated carbocycles. The Morgan fingerprint density at radius 2 is 2.36 bits per heavy atom.